The maximum Gasteiger partial charge on any atom is 0.183 e. The van der Waals surface area contributed by atoms with Crippen LogP contribution in [0.5, 0.6) is 0 Å². The molecule has 0 aliphatic carbocycles. The van der Waals surface area contributed by atoms with Crippen molar-refractivity contribution < 1.29 is 19.7 Å². The van der Waals surface area contributed by atoms with E-state index in [1.54, 1.807) is 0 Å². The lowest BCUT2D eigenvalue weighted by molar-refractivity contribution is -0.264. The molecule has 0 amide bonds. The number of aliphatic hydroxyl groups is 2. The van der Waals surface area contributed by atoms with Crippen LogP contribution in [0.2, 0.25) is 0 Å². The van der Waals surface area contributed by atoms with Crippen LogP contribution in [-0.4, -0.2) is 41.4 Å². The fraction of sp³-hybridized carbons (Fsp3) is 1.00. The van der Waals surface area contributed by atoms with Crippen LogP contribution in [0.3, 0.4) is 0 Å². The third-order valence-corrected chi connectivity index (χ3v) is 5.62. The van der Waals surface area contributed by atoms with E-state index in [-0.39, 0.29) is 6.10 Å². The van der Waals surface area contributed by atoms with Gasteiger partial charge in [0.2, 0.25) is 0 Å². The first-order valence-corrected chi connectivity index (χ1v) is 11.2. The Balaban J connectivity index is 2.32. The lowest BCUT2D eigenvalue weighted by atomic mass is 9.95. The third kappa shape index (κ3) is 10.2. The minimum atomic E-state index is -0.726. The van der Waals surface area contributed by atoms with Gasteiger partial charge in [0.25, 0.3) is 0 Å². The first kappa shape index (κ1) is 23.9. The zero-order valence-corrected chi connectivity index (χ0v) is 17.5. The first-order valence-electron chi connectivity index (χ1n) is 11.2. The highest BCUT2D eigenvalue weighted by molar-refractivity contribution is 4.78. The molecule has 0 radical (unpaired) electrons. The quantitative estimate of drug-likeness (QED) is 0.388. The molecule has 0 bridgehead atoms. The van der Waals surface area contributed by atoms with Crippen LogP contribution in [0.15, 0.2) is 0 Å². The maximum atomic E-state index is 10.1. The molecule has 0 aromatic carbocycles. The number of aliphatic hydroxyl groups excluding tert-OH is 2. The van der Waals surface area contributed by atoms with Gasteiger partial charge in [-0.2, -0.15) is 0 Å². The fourth-order valence-corrected chi connectivity index (χ4v) is 3.71. The van der Waals surface area contributed by atoms with E-state index in [9.17, 15) is 10.2 Å². The predicted molar refractivity (Wildman–Crippen MR) is 107 cm³/mol. The van der Waals surface area contributed by atoms with Crippen molar-refractivity contribution in [3.8, 4) is 0 Å². The lowest BCUT2D eigenvalue weighted by Gasteiger charge is -2.36. The molecular formula is C22H44O4. The van der Waals surface area contributed by atoms with Crippen molar-refractivity contribution in [3.05, 3.63) is 0 Å². The van der Waals surface area contributed by atoms with Gasteiger partial charge in [-0.3, -0.25) is 0 Å². The summed E-state index contributed by atoms with van der Waals surface area (Å²) in [7, 11) is 0. The zero-order valence-electron chi connectivity index (χ0n) is 17.5. The topological polar surface area (TPSA) is 58.9 Å². The molecule has 1 rings (SSSR count). The molecule has 5 atom stereocenters. The maximum absolute atomic E-state index is 10.1. The summed E-state index contributed by atoms with van der Waals surface area (Å²) in [5, 5.41) is 19.9. The third-order valence-electron chi connectivity index (χ3n) is 5.62. The van der Waals surface area contributed by atoms with Gasteiger partial charge in [-0.1, -0.05) is 78.1 Å². The van der Waals surface area contributed by atoms with Gasteiger partial charge in [-0.25, -0.2) is 0 Å². The van der Waals surface area contributed by atoms with Gasteiger partial charge in [-0.15, -0.1) is 0 Å². The molecule has 1 aliphatic rings. The Bertz CT molecular complexity index is 323. The summed E-state index contributed by atoms with van der Waals surface area (Å²) >= 11 is 0. The van der Waals surface area contributed by atoms with Gasteiger partial charge in [-0.05, 0) is 25.7 Å². The Morgan fingerprint density at radius 2 is 1.38 bits per heavy atom. The second kappa shape index (κ2) is 14.8. The summed E-state index contributed by atoms with van der Waals surface area (Å²) in [5.41, 5.74) is 0. The highest BCUT2D eigenvalue weighted by Gasteiger charge is 2.34. The Labute approximate surface area is 161 Å². The van der Waals surface area contributed by atoms with E-state index < -0.39 is 18.5 Å². The molecule has 0 aromatic heterocycles. The Morgan fingerprint density at radius 3 is 2.00 bits per heavy atom. The van der Waals surface area contributed by atoms with Crippen LogP contribution in [0.4, 0.5) is 0 Å². The van der Waals surface area contributed by atoms with Gasteiger partial charge in [0, 0.05) is 6.42 Å². The average Bonchev–Trinajstić information content (AvgIpc) is 2.62. The van der Waals surface area contributed by atoms with E-state index in [1.807, 2.05) is 6.92 Å². The van der Waals surface area contributed by atoms with E-state index in [1.165, 1.54) is 77.0 Å². The minimum Gasteiger partial charge on any atom is -0.390 e. The second-order valence-corrected chi connectivity index (χ2v) is 8.19. The van der Waals surface area contributed by atoms with Crippen molar-refractivity contribution in [1.29, 1.82) is 0 Å². The Kier molecular flexibility index (Phi) is 13.6. The van der Waals surface area contributed by atoms with Crippen LogP contribution in [0.25, 0.3) is 0 Å². The molecule has 4 nitrogen and oxygen atoms in total. The van der Waals surface area contributed by atoms with Crippen LogP contribution in [0.1, 0.15) is 104 Å². The van der Waals surface area contributed by atoms with E-state index in [0.29, 0.717) is 18.9 Å². The number of hydrogen-bond acceptors (Lipinski definition) is 4. The standard InChI is InChI=1S/C22H44O4/c1-4-6-8-10-11-13-15-19(14-12-9-7-5-2)17-25-22-21(24)16-20(23)18(3)26-22/h18-24H,4-17H2,1-3H3/t18-,19?,20?,21+,22?/m0/s1. The molecular weight excluding hydrogens is 328 g/mol. The second-order valence-electron chi connectivity index (χ2n) is 8.19. The van der Waals surface area contributed by atoms with Crippen LogP contribution in [-0.2, 0) is 9.47 Å². The monoisotopic (exact) mass is 372 g/mol. The number of hydrogen-bond donors (Lipinski definition) is 2. The van der Waals surface area contributed by atoms with Crippen molar-refractivity contribution in [1.82, 2.24) is 0 Å². The van der Waals surface area contributed by atoms with Crippen LogP contribution >= 0.6 is 0 Å². The normalized spacial score (nSPS) is 27.6. The lowest BCUT2D eigenvalue weighted by Crippen LogP contribution is -2.47. The van der Waals surface area contributed by atoms with Gasteiger partial charge >= 0.3 is 0 Å². The van der Waals surface area contributed by atoms with E-state index in [4.69, 9.17) is 9.47 Å². The largest absolute Gasteiger partial charge is 0.390 e. The highest BCUT2D eigenvalue weighted by Crippen LogP contribution is 2.24. The van der Waals surface area contributed by atoms with Gasteiger partial charge < -0.3 is 19.7 Å². The zero-order chi connectivity index (χ0) is 19.2. The predicted octanol–water partition coefficient (Wildman–Crippen LogP) is 5.20. The van der Waals surface area contributed by atoms with E-state index in [2.05, 4.69) is 13.8 Å². The molecule has 0 spiro atoms. The summed E-state index contributed by atoms with van der Waals surface area (Å²) in [6.45, 7) is 7.00. The number of rotatable bonds is 15. The summed E-state index contributed by atoms with van der Waals surface area (Å²) in [5.74, 6) is 0.552. The Morgan fingerprint density at radius 1 is 0.846 bits per heavy atom. The number of unbranched alkanes of at least 4 members (excludes halogenated alkanes) is 8. The molecule has 26 heavy (non-hydrogen) atoms. The Hall–Kier alpha value is -0.160. The summed E-state index contributed by atoms with van der Waals surface area (Å²) in [4.78, 5) is 0. The molecule has 0 saturated carbocycles. The van der Waals surface area contributed by atoms with Crippen molar-refractivity contribution in [2.24, 2.45) is 5.92 Å². The van der Waals surface area contributed by atoms with Gasteiger partial charge in [0.05, 0.1) is 18.8 Å². The summed E-state index contributed by atoms with van der Waals surface area (Å²) < 4.78 is 11.6. The first-order chi connectivity index (χ1) is 12.6. The van der Waals surface area contributed by atoms with Crippen molar-refractivity contribution in [2.45, 2.75) is 129 Å². The molecule has 1 heterocycles. The van der Waals surface area contributed by atoms with E-state index in [0.717, 1.165) is 0 Å². The molecule has 4 heteroatoms. The van der Waals surface area contributed by atoms with E-state index >= 15 is 0 Å². The van der Waals surface area contributed by atoms with Gasteiger partial charge in [0.1, 0.15) is 6.10 Å². The van der Waals surface area contributed by atoms with Crippen molar-refractivity contribution in [2.75, 3.05) is 6.61 Å². The van der Waals surface area contributed by atoms with Crippen molar-refractivity contribution in [3.63, 3.8) is 0 Å². The SMILES string of the molecule is CCCCCCCCC(CCCCCC)COC1O[C@@H](C)C(O)C[C@H]1O. The van der Waals surface area contributed by atoms with Crippen LogP contribution in [0, 0.1) is 5.92 Å². The fourth-order valence-electron chi connectivity index (χ4n) is 3.71. The molecule has 0 aromatic rings. The highest BCUT2D eigenvalue weighted by atomic mass is 16.7. The minimum absolute atomic E-state index is 0.273. The summed E-state index contributed by atoms with van der Waals surface area (Å²) in [6.07, 6.45) is 13.6. The van der Waals surface area contributed by atoms with Gasteiger partial charge in [0.15, 0.2) is 6.29 Å². The molecule has 2 N–H and O–H groups in total. The van der Waals surface area contributed by atoms with Crippen molar-refractivity contribution >= 4 is 0 Å². The van der Waals surface area contributed by atoms with Crippen LogP contribution < -0.4 is 0 Å². The molecule has 1 aliphatic heterocycles. The molecule has 1 fully saturated rings. The molecule has 3 unspecified atom stereocenters. The number of ether oxygens (including phenoxy) is 2. The summed E-state index contributed by atoms with van der Waals surface area (Å²) in [6, 6.07) is 0. The smallest absolute Gasteiger partial charge is 0.183 e. The average molecular weight is 373 g/mol. The molecule has 156 valence electrons. The molecule has 1 saturated heterocycles.